The lowest BCUT2D eigenvalue weighted by molar-refractivity contribution is -0.116. The first-order valence-electron chi connectivity index (χ1n) is 11.8. The van der Waals surface area contributed by atoms with Gasteiger partial charge in [0.1, 0.15) is 15.3 Å². The maximum absolute atomic E-state index is 12.9. The van der Waals surface area contributed by atoms with Crippen LogP contribution in [-0.2, 0) is 16.1 Å². The Morgan fingerprint density at radius 2 is 1.86 bits per heavy atom. The van der Waals surface area contributed by atoms with Gasteiger partial charge in [-0.25, -0.2) is 0 Å². The lowest BCUT2D eigenvalue weighted by Gasteiger charge is -2.19. The van der Waals surface area contributed by atoms with Crippen molar-refractivity contribution in [3.63, 3.8) is 0 Å². The molecule has 1 aromatic heterocycles. The fourth-order valence-electron chi connectivity index (χ4n) is 3.65. The molecule has 2 aromatic carbocycles. The smallest absolute Gasteiger partial charge is 0.270 e. The highest BCUT2D eigenvalue weighted by atomic mass is 32.1. The Morgan fingerprint density at radius 1 is 1.14 bits per heavy atom. The predicted octanol–water partition coefficient (Wildman–Crippen LogP) is 1.97. The largest absolute Gasteiger partial charge is 0.365 e. The molecule has 0 atom stereocenters. The van der Waals surface area contributed by atoms with E-state index in [1.54, 1.807) is 44.3 Å². The first-order valence-corrected chi connectivity index (χ1v) is 12.7. The molecule has 2 amide bonds. The molecule has 3 N–H and O–H groups in total. The van der Waals surface area contributed by atoms with Crippen molar-refractivity contribution in [1.29, 1.82) is 5.26 Å². The van der Waals surface area contributed by atoms with Gasteiger partial charge >= 0.3 is 0 Å². The number of aromatic nitrogens is 1. The molecule has 0 aliphatic heterocycles. The summed E-state index contributed by atoms with van der Waals surface area (Å²) in [6.45, 7) is 6.43. The van der Waals surface area contributed by atoms with Crippen molar-refractivity contribution >= 4 is 52.0 Å². The van der Waals surface area contributed by atoms with Crippen LogP contribution in [-0.4, -0.2) is 36.5 Å². The van der Waals surface area contributed by atoms with Crippen LogP contribution in [0, 0.1) is 18.3 Å². The Bertz CT molecular complexity index is 1520. The van der Waals surface area contributed by atoms with Gasteiger partial charge in [-0.15, -0.1) is 11.3 Å². The van der Waals surface area contributed by atoms with Crippen molar-refractivity contribution in [2.24, 2.45) is 0 Å². The standard InChI is InChI=1S/C27H30N6O3S/c1-5-29-25(35)22(15-28)27-33(6-2)26(36)23(37-27)16-30-19-10-8-11-20(14-19)31-24(34)17-32(4)21-12-7-9-18(3)13-21/h7-14,16,30H,5-6,17H2,1-4H3,(H,29,35)(H,31,34)/b23-16+,27-22-. The maximum atomic E-state index is 12.9. The Kier molecular flexibility index (Phi) is 9.24. The summed E-state index contributed by atoms with van der Waals surface area (Å²) >= 11 is 1.07. The Labute approximate surface area is 219 Å². The summed E-state index contributed by atoms with van der Waals surface area (Å²) in [5.74, 6) is -0.673. The number of aryl methyl sites for hydroxylation is 1. The van der Waals surface area contributed by atoms with E-state index < -0.39 is 5.91 Å². The molecular formula is C27H30N6O3S. The number of thiazole rings is 1. The molecule has 0 aliphatic rings. The number of hydrogen-bond donors (Lipinski definition) is 3. The third kappa shape index (κ3) is 6.86. The number of nitriles is 1. The number of carbonyl (C=O) groups is 2. The molecule has 0 saturated heterocycles. The van der Waals surface area contributed by atoms with Crippen molar-refractivity contribution in [3.05, 3.63) is 73.6 Å². The van der Waals surface area contributed by atoms with Gasteiger partial charge in [-0.3, -0.25) is 19.0 Å². The minimum atomic E-state index is -0.510. The van der Waals surface area contributed by atoms with E-state index in [4.69, 9.17) is 0 Å². The van der Waals surface area contributed by atoms with Gasteiger partial charge in [0.2, 0.25) is 5.91 Å². The van der Waals surface area contributed by atoms with Gasteiger partial charge in [0.15, 0.2) is 5.57 Å². The number of nitrogens with zero attached hydrogens (tertiary/aromatic N) is 3. The average molecular weight is 519 g/mol. The molecule has 0 radical (unpaired) electrons. The first kappa shape index (κ1) is 27.2. The molecule has 9 nitrogen and oxygen atoms in total. The van der Waals surface area contributed by atoms with E-state index in [1.165, 1.54) is 4.57 Å². The monoisotopic (exact) mass is 518 g/mol. The summed E-state index contributed by atoms with van der Waals surface area (Å²) in [7, 11) is 1.86. The fraction of sp³-hybridized carbons (Fsp3) is 0.259. The van der Waals surface area contributed by atoms with Crippen LogP contribution in [0.3, 0.4) is 0 Å². The Balaban J connectivity index is 1.79. The quantitative estimate of drug-likeness (QED) is 0.399. The molecule has 0 unspecified atom stereocenters. The second-order valence-electron chi connectivity index (χ2n) is 8.28. The third-order valence-corrected chi connectivity index (χ3v) is 6.58. The number of anilines is 3. The van der Waals surface area contributed by atoms with Crippen molar-refractivity contribution in [2.75, 3.05) is 35.7 Å². The van der Waals surface area contributed by atoms with Gasteiger partial charge in [-0.2, -0.15) is 5.26 Å². The van der Waals surface area contributed by atoms with Crippen LogP contribution in [0.5, 0.6) is 0 Å². The minimum absolute atomic E-state index is 0.0919. The number of carbonyl (C=O) groups excluding carboxylic acids is 2. The van der Waals surface area contributed by atoms with Gasteiger partial charge < -0.3 is 20.9 Å². The number of amides is 2. The summed E-state index contributed by atoms with van der Waals surface area (Å²) in [5.41, 5.74) is 2.96. The van der Waals surface area contributed by atoms with Crippen LogP contribution < -0.4 is 35.6 Å². The number of rotatable bonds is 9. The molecule has 3 rings (SSSR count). The maximum Gasteiger partial charge on any atom is 0.270 e. The summed E-state index contributed by atoms with van der Waals surface area (Å²) in [6, 6.07) is 17.0. The Hall–Kier alpha value is -4.36. The van der Waals surface area contributed by atoms with E-state index in [2.05, 4.69) is 16.0 Å². The first-order chi connectivity index (χ1) is 17.8. The third-order valence-electron chi connectivity index (χ3n) is 5.45. The van der Waals surface area contributed by atoms with Gasteiger partial charge in [0.25, 0.3) is 11.5 Å². The topological polar surface area (TPSA) is 119 Å². The highest BCUT2D eigenvalue weighted by Gasteiger charge is 2.14. The predicted molar refractivity (Wildman–Crippen MR) is 149 cm³/mol. The number of nitrogens with one attached hydrogen (secondary N) is 3. The van der Waals surface area contributed by atoms with Crippen LogP contribution in [0.2, 0.25) is 0 Å². The minimum Gasteiger partial charge on any atom is -0.365 e. The van der Waals surface area contributed by atoms with Gasteiger partial charge in [-0.1, -0.05) is 18.2 Å². The summed E-state index contributed by atoms with van der Waals surface area (Å²) in [6.07, 6.45) is 1.54. The molecule has 0 bridgehead atoms. The molecule has 37 heavy (non-hydrogen) atoms. The molecule has 3 aromatic rings. The molecule has 1 heterocycles. The van der Waals surface area contributed by atoms with Crippen molar-refractivity contribution in [1.82, 2.24) is 9.88 Å². The Morgan fingerprint density at radius 3 is 2.54 bits per heavy atom. The summed E-state index contributed by atoms with van der Waals surface area (Å²) in [4.78, 5) is 39.6. The summed E-state index contributed by atoms with van der Waals surface area (Å²) < 4.78 is 2.07. The zero-order valence-electron chi connectivity index (χ0n) is 21.3. The van der Waals surface area contributed by atoms with Crippen LogP contribution in [0.25, 0.3) is 11.8 Å². The van der Waals surface area contributed by atoms with Crippen molar-refractivity contribution in [2.45, 2.75) is 27.3 Å². The highest BCUT2D eigenvalue weighted by Crippen LogP contribution is 2.17. The van der Waals surface area contributed by atoms with E-state index in [-0.39, 0.29) is 23.6 Å². The highest BCUT2D eigenvalue weighted by molar-refractivity contribution is 7.07. The summed E-state index contributed by atoms with van der Waals surface area (Å²) in [5, 5.41) is 18.1. The van der Waals surface area contributed by atoms with E-state index >= 15 is 0 Å². The van der Waals surface area contributed by atoms with Crippen LogP contribution in [0.1, 0.15) is 19.4 Å². The lowest BCUT2D eigenvalue weighted by atomic mass is 10.2. The van der Waals surface area contributed by atoms with Crippen LogP contribution in [0.4, 0.5) is 17.1 Å². The molecular weight excluding hydrogens is 488 g/mol. The van der Waals surface area contributed by atoms with Crippen LogP contribution >= 0.6 is 11.3 Å². The van der Waals surface area contributed by atoms with Gasteiger partial charge in [0, 0.05) is 43.4 Å². The zero-order valence-corrected chi connectivity index (χ0v) is 22.1. The van der Waals surface area contributed by atoms with E-state index in [1.807, 2.05) is 49.2 Å². The zero-order chi connectivity index (χ0) is 26.9. The lowest BCUT2D eigenvalue weighted by Crippen LogP contribution is -2.34. The molecule has 10 heteroatoms. The molecule has 0 fully saturated rings. The molecule has 0 aliphatic carbocycles. The SMILES string of the molecule is CCNC(=O)/C(C#N)=c1\s/c(=C/Nc2cccc(NC(=O)CN(C)c3cccc(C)c3)c2)c(=O)n1CC. The average Bonchev–Trinajstić information content (AvgIpc) is 3.18. The molecule has 0 spiro atoms. The second-order valence-corrected chi connectivity index (χ2v) is 9.31. The molecule has 0 saturated carbocycles. The van der Waals surface area contributed by atoms with Gasteiger partial charge in [0.05, 0.1) is 6.54 Å². The number of likely N-dealkylation sites (N-methyl/N-ethyl adjacent to an activating group) is 1. The van der Waals surface area contributed by atoms with Crippen molar-refractivity contribution < 1.29 is 9.59 Å². The second kappa shape index (κ2) is 12.6. The van der Waals surface area contributed by atoms with E-state index in [9.17, 15) is 19.6 Å². The van der Waals surface area contributed by atoms with Gasteiger partial charge in [-0.05, 0) is 56.7 Å². The van der Waals surface area contributed by atoms with E-state index in [0.717, 1.165) is 22.6 Å². The van der Waals surface area contributed by atoms with Crippen LogP contribution in [0.15, 0.2) is 53.3 Å². The van der Waals surface area contributed by atoms with Crippen molar-refractivity contribution in [3.8, 4) is 6.07 Å². The molecule has 192 valence electrons. The number of hydrogen-bond acceptors (Lipinski definition) is 7. The normalized spacial score (nSPS) is 11.9. The number of benzene rings is 2. The van der Waals surface area contributed by atoms with E-state index in [0.29, 0.717) is 33.7 Å². The fourth-order valence-corrected chi connectivity index (χ4v) is 4.73.